The fraction of sp³-hybridized carbons (Fsp3) is 0.500. The van der Waals surface area contributed by atoms with Crippen LogP contribution in [0.5, 0.6) is 17.2 Å². The zero-order valence-electron chi connectivity index (χ0n) is 11.5. The van der Waals surface area contributed by atoms with Crippen molar-refractivity contribution >= 4 is 16.6 Å². The monoisotopic (exact) mass is 270 g/mol. The van der Waals surface area contributed by atoms with Crippen LogP contribution in [0.4, 0.5) is 0 Å². The van der Waals surface area contributed by atoms with Crippen molar-refractivity contribution in [2.45, 2.75) is 39.3 Å². The maximum atomic E-state index is 9.75. The first-order valence-corrected chi connectivity index (χ1v) is 12.6. The number of benzene rings is 1. The van der Waals surface area contributed by atoms with Gasteiger partial charge >= 0.3 is 0 Å². The zero-order valence-corrected chi connectivity index (χ0v) is 13.5. The topological polar surface area (TPSA) is 38.7 Å². The largest absolute Gasteiger partial charge is 0.544 e. The Bertz CT molecular complexity index is 392. The molecule has 1 aromatic rings. The van der Waals surface area contributed by atoms with Gasteiger partial charge in [-0.15, -0.1) is 0 Å². The van der Waals surface area contributed by atoms with Crippen LogP contribution < -0.4 is 8.85 Å². The van der Waals surface area contributed by atoms with E-state index < -0.39 is 16.6 Å². The smallest absolute Gasteiger partial charge is 0.242 e. The molecule has 0 saturated heterocycles. The second kappa shape index (κ2) is 4.74. The molecule has 0 saturated carbocycles. The Labute approximate surface area is 106 Å². The zero-order chi connectivity index (χ0) is 13.3. The Kier molecular flexibility index (Phi) is 3.93. The SMILES string of the molecule is C[Si](C)(C)Oc1ccc(O)c(O[Si](C)(C)C)c1. The summed E-state index contributed by atoms with van der Waals surface area (Å²) in [5, 5.41) is 9.75. The molecule has 0 heterocycles. The summed E-state index contributed by atoms with van der Waals surface area (Å²) in [7, 11) is -3.34. The summed E-state index contributed by atoms with van der Waals surface area (Å²) in [5.41, 5.74) is 0. The van der Waals surface area contributed by atoms with Crippen molar-refractivity contribution in [3.8, 4) is 17.2 Å². The van der Waals surface area contributed by atoms with E-state index in [1.54, 1.807) is 18.2 Å². The summed E-state index contributed by atoms with van der Waals surface area (Å²) < 4.78 is 11.7. The van der Waals surface area contributed by atoms with Gasteiger partial charge in [-0.25, -0.2) is 0 Å². The molecule has 0 bridgehead atoms. The standard InChI is InChI=1S/C12H22O3Si2/c1-16(2,3)14-10-7-8-11(13)12(9-10)15-17(4,5)6/h7-9,13H,1-6H3. The average Bonchev–Trinajstić information content (AvgIpc) is 2.05. The number of phenols is 1. The van der Waals surface area contributed by atoms with Crippen molar-refractivity contribution < 1.29 is 14.0 Å². The molecule has 0 unspecified atom stereocenters. The highest BCUT2D eigenvalue weighted by Gasteiger charge is 2.20. The maximum Gasteiger partial charge on any atom is 0.242 e. The summed E-state index contributed by atoms with van der Waals surface area (Å²) in [5.74, 6) is 1.48. The highest BCUT2D eigenvalue weighted by molar-refractivity contribution is 6.70. The van der Waals surface area contributed by atoms with Crippen molar-refractivity contribution in [3.63, 3.8) is 0 Å². The predicted octanol–water partition coefficient (Wildman–Crippen LogP) is 3.82. The number of aromatic hydroxyl groups is 1. The summed E-state index contributed by atoms with van der Waals surface area (Å²) in [4.78, 5) is 0. The highest BCUT2D eigenvalue weighted by atomic mass is 28.4. The fourth-order valence-electron chi connectivity index (χ4n) is 1.32. The van der Waals surface area contributed by atoms with E-state index in [1.165, 1.54) is 0 Å². The minimum absolute atomic E-state index is 0.176. The van der Waals surface area contributed by atoms with Crippen LogP contribution in [0.15, 0.2) is 18.2 Å². The van der Waals surface area contributed by atoms with Crippen LogP contribution in [0.3, 0.4) is 0 Å². The van der Waals surface area contributed by atoms with E-state index in [9.17, 15) is 5.11 Å². The molecule has 1 N–H and O–H groups in total. The Morgan fingerprint density at radius 3 is 1.88 bits per heavy atom. The Morgan fingerprint density at radius 2 is 1.41 bits per heavy atom. The molecule has 0 amide bonds. The lowest BCUT2D eigenvalue weighted by Crippen LogP contribution is -2.30. The first-order valence-electron chi connectivity index (χ1n) is 5.78. The number of hydrogen-bond donors (Lipinski definition) is 1. The molecule has 0 aliphatic rings. The van der Waals surface area contributed by atoms with Crippen LogP contribution in [0.25, 0.3) is 0 Å². The van der Waals surface area contributed by atoms with Gasteiger partial charge in [0, 0.05) is 6.07 Å². The van der Waals surface area contributed by atoms with Gasteiger partial charge in [0.25, 0.3) is 0 Å². The van der Waals surface area contributed by atoms with Crippen LogP contribution >= 0.6 is 0 Å². The molecule has 0 radical (unpaired) electrons. The summed E-state index contributed by atoms with van der Waals surface area (Å²) in [6.07, 6.45) is 0. The van der Waals surface area contributed by atoms with Gasteiger partial charge in [-0.1, -0.05) is 0 Å². The predicted molar refractivity (Wildman–Crippen MR) is 76.1 cm³/mol. The van der Waals surface area contributed by atoms with Gasteiger partial charge in [0.1, 0.15) is 11.5 Å². The lowest BCUT2D eigenvalue weighted by atomic mass is 10.3. The third kappa shape index (κ3) is 5.27. The molecule has 0 atom stereocenters. The third-order valence-corrected chi connectivity index (χ3v) is 3.45. The fourth-order valence-corrected chi connectivity index (χ4v) is 2.98. The van der Waals surface area contributed by atoms with Crippen molar-refractivity contribution in [3.05, 3.63) is 18.2 Å². The first-order chi connectivity index (χ1) is 7.57. The van der Waals surface area contributed by atoms with E-state index in [0.29, 0.717) is 5.75 Å². The van der Waals surface area contributed by atoms with E-state index in [1.807, 2.05) is 0 Å². The lowest BCUT2D eigenvalue weighted by Gasteiger charge is -2.23. The molecule has 0 aliphatic carbocycles. The van der Waals surface area contributed by atoms with Crippen LogP contribution in [0.1, 0.15) is 0 Å². The van der Waals surface area contributed by atoms with Gasteiger partial charge in [-0.3, -0.25) is 0 Å². The van der Waals surface area contributed by atoms with Gasteiger partial charge < -0.3 is 14.0 Å². The van der Waals surface area contributed by atoms with E-state index in [-0.39, 0.29) is 5.75 Å². The number of rotatable bonds is 4. The van der Waals surface area contributed by atoms with Crippen molar-refractivity contribution in [1.82, 2.24) is 0 Å². The van der Waals surface area contributed by atoms with Gasteiger partial charge in [0.05, 0.1) is 0 Å². The molecule has 17 heavy (non-hydrogen) atoms. The van der Waals surface area contributed by atoms with Crippen LogP contribution in [-0.2, 0) is 0 Å². The minimum atomic E-state index is -1.72. The second-order valence-electron chi connectivity index (χ2n) is 6.06. The van der Waals surface area contributed by atoms with E-state index >= 15 is 0 Å². The summed E-state index contributed by atoms with van der Waals surface area (Å²) in [6.45, 7) is 12.6. The van der Waals surface area contributed by atoms with Crippen LogP contribution in [-0.4, -0.2) is 21.7 Å². The van der Waals surface area contributed by atoms with Gasteiger partial charge in [-0.05, 0) is 51.4 Å². The maximum absolute atomic E-state index is 9.75. The molecule has 0 spiro atoms. The Morgan fingerprint density at radius 1 is 0.882 bits per heavy atom. The average molecular weight is 270 g/mol. The molecule has 0 fully saturated rings. The summed E-state index contributed by atoms with van der Waals surface area (Å²) in [6, 6.07) is 5.20. The molecule has 0 aliphatic heterocycles. The highest BCUT2D eigenvalue weighted by Crippen LogP contribution is 2.33. The van der Waals surface area contributed by atoms with Gasteiger partial charge in [-0.2, -0.15) is 0 Å². The van der Waals surface area contributed by atoms with E-state index in [2.05, 4.69) is 39.3 Å². The van der Waals surface area contributed by atoms with Gasteiger partial charge in [0.2, 0.25) is 16.6 Å². The number of phenolic OH excluding ortho intramolecular Hbond substituents is 1. The van der Waals surface area contributed by atoms with Gasteiger partial charge in [0.15, 0.2) is 5.75 Å². The molecule has 1 aromatic carbocycles. The van der Waals surface area contributed by atoms with E-state index in [4.69, 9.17) is 8.85 Å². The Balaban J connectivity index is 2.95. The van der Waals surface area contributed by atoms with Crippen molar-refractivity contribution in [1.29, 1.82) is 0 Å². The van der Waals surface area contributed by atoms with Crippen molar-refractivity contribution in [2.75, 3.05) is 0 Å². The lowest BCUT2D eigenvalue weighted by molar-refractivity contribution is 0.433. The quantitative estimate of drug-likeness (QED) is 0.845. The molecule has 3 nitrogen and oxygen atoms in total. The molecule has 5 heteroatoms. The normalized spacial score (nSPS) is 12.4. The van der Waals surface area contributed by atoms with Crippen molar-refractivity contribution in [2.24, 2.45) is 0 Å². The first kappa shape index (κ1) is 14.1. The Hall–Kier alpha value is -0.946. The summed E-state index contributed by atoms with van der Waals surface area (Å²) >= 11 is 0. The number of hydrogen-bond acceptors (Lipinski definition) is 3. The minimum Gasteiger partial charge on any atom is -0.544 e. The van der Waals surface area contributed by atoms with E-state index in [0.717, 1.165) is 5.75 Å². The molecule has 1 rings (SSSR count). The molecule has 96 valence electrons. The molecule has 0 aromatic heterocycles. The molecular weight excluding hydrogens is 248 g/mol. The van der Waals surface area contributed by atoms with Crippen LogP contribution in [0.2, 0.25) is 39.3 Å². The van der Waals surface area contributed by atoms with Crippen LogP contribution in [0, 0.1) is 0 Å². The third-order valence-electron chi connectivity index (χ3n) is 1.77. The second-order valence-corrected chi connectivity index (χ2v) is 14.9. The molecular formula is C12H22O3Si2.